The van der Waals surface area contributed by atoms with Gasteiger partial charge >= 0.3 is 5.97 Å². The highest BCUT2D eigenvalue weighted by molar-refractivity contribution is 14.1. The standard InChI is InChI=1S/C31H29Cl2IN2O5/c1-3-16-41-27-17-22(33)11-13-24(27)29-31(40)35(15-5-4-6-28(37)38)26-14-12-23(34)18-25(26)30(39)36(29)19(2)20-7-9-21(32)10-8-20/h3,7-14,17-19,29H,1,4-6,15-16H2,2H3,(H,37,38)/t19-,29+/m1/s1. The minimum absolute atomic E-state index is 0.0135. The molecule has 2 amide bonds. The number of carbonyl (C=O) groups excluding carboxylic acids is 2. The lowest BCUT2D eigenvalue weighted by molar-refractivity contribution is -0.137. The number of amides is 2. The first-order chi connectivity index (χ1) is 19.6. The van der Waals surface area contributed by atoms with E-state index in [0.29, 0.717) is 45.5 Å². The molecule has 0 aromatic heterocycles. The van der Waals surface area contributed by atoms with Crippen molar-refractivity contribution < 1.29 is 24.2 Å². The van der Waals surface area contributed by atoms with E-state index in [2.05, 4.69) is 29.2 Å². The van der Waals surface area contributed by atoms with Gasteiger partial charge in [0.05, 0.1) is 17.3 Å². The van der Waals surface area contributed by atoms with Gasteiger partial charge in [0, 0.05) is 32.1 Å². The van der Waals surface area contributed by atoms with Gasteiger partial charge in [0.25, 0.3) is 11.8 Å². The quantitative estimate of drug-likeness (QED) is 0.125. The number of carboxylic acids is 1. The zero-order valence-corrected chi connectivity index (χ0v) is 26.0. The highest BCUT2D eigenvalue weighted by atomic mass is 127. The van der Waals surface area contributed by atoms with Crippen molar-refractivity contribution in [1.29, 1.82) is 0 Å². The van der Waals surface area contributed by atoms with Crippen LogP contribution in [0, 0.1) is 3.57 Å². The van der Waals surface area contributed by atoms with Crippen molar-refractivity contribution in [2.45, 2.75) is 38.3 Å². The fourth-order valence-corrected chi connectivity index (χ4v) is 5.70. The number of carboxylic acid groups (broad SMARTS) is 1. The van der Waals surface area contributed by atoms with Gasteiger partial charge in [-0.1, -0.05) is 54.1 Å². The molecule has 3 aromatic carbocycles. The second-order valence-electron chi connectivity index (χ2n) is 9.63. The Hall–Kier alpha value is -3.08. The molecule has 1 aliphatic heterocycles. The molecule has 1 aliphatic rings. The van der Waals surface area contributed by atoms with E-state index in [0.717, 1.165) is 9.13 Å². The molecule has 214 valence electrons. The SMILES string of the molecule is C=CCOc1cc(Cl)ccc1[C@H]1C(=O)N(CCCCC(=O)O)c2ccc(I)cc2C(=O)N1[C@H](C)c1ccc(Cl)cc1. The van der Waals surface area contributed by atoms with E-state index < -0.39 is 18.1 Å². The summed E-state index contributed by atoms with van der Waals surface area (Å²) < 4.78 is 6.80. The van der Waals surface area contributed by atoms with Crippen LogP contribution in [0.2, 0.25) is 10.0 Å². The van der Waals surface area contributed by atoms with E-state index in [4.69, 9.17) is 33.0 Å². The Bertz CT molecular complexity index is 1460. The minimum atomic E-state index is -1.07. The summed E-state index contributed by atoms with van der Waals surface area (Å²) in [5.41, 5.74) is 2.14. The molecule has 0 saturated heterocycles. The maximum atomic E-state index is 14.7. The Labute approximate surface area is 262 Å². The number of hydrogen-bond donors (Lipinski definition) is 1. The zero-order chi connectivity index (χ0) is 29.7. The highest BCUT2D eigenvalue weighted by Gasteiger charge is 2.44. The second kappa shape index (κ2) is 13.7. The molecule has 1 heterocycles. The molecule has 10 heteroatoms. The van der Waals surface area contributed by atoms with Crippen LogP contribution in [0.4, 0.5) is 5.69 Å². The number of nitrogens with zero attached hydrogens (tertiary/aromatic N) is 2. The van der Waals surface area contributed by atoms with E-state index in [9.17, 15) is 14.4 Å². The number of anilines is 1. The molecule has 0 unspecified atom stereocenters. The van der Waals surface area contributed by atoms with Gasteiger partial charge in [0.2, 0.25) is 0 Å². The average Bonchev–Trinajstić information content (AvgIpc) is 3.02. The molecule has 1 N–H and O–H groups in total. The topological polar surface area (TPSA) is 87.1 Å². The summed E-state index contributed by atoms with van der Waals surface area (Å²) in [5, 5.41) is 10.1. The third kappa shape index (κ3) is 7.05. The second-order valence-corrected chi connectivity index (χ2v) is 11.7. The number of unbranched alkanes of at least 4 members (excludes halogenated alkanes) is 1. The van der Waals surface area contributed by atoms with Crippen LogP contribution in [0.3, 0.4) is 0 Å². The minimum Gasteiger partial charge on any atom is -0.489 e. The van der Waals surface area contributed by atoms with Gasteiger partial charge in [0.15, 0.2) is 0 Å². The summed E-state index contributed by atoms with van der Waals surface area (Å²) in [5.74, 6) is -1.19. The van der Waals surface area contributed by atoms with E-state index in [1.807, 2.05) is 25.1 Å². The van der Waals surface area contributed by atoms with Crippen molar-refractivity contribution in [2.75, 3.05) is 18.1 Å². The predicted molar refractivity (Wildman–Crippen MR) is 169 cm³/mol. The number of carbonyl (C=O) groups is 3. The Kier molecular flexibility index (Phi) is 10.3. The van der Waals surface area contributed by atoms with Crippen LogP contribution in [0.25, 0.3) is 0 Å². The highest BCUT2D eigenvalue weighted by Crippen LogP contribution is 2.43. The molecule has 2 atom stereocenters. The number of rotatable bonds is 11. The van der Waals surface area contributed by atoms with Gasteiger partial charge in [-0.2, -0.15) is 0 Å². The van der Waals surface area contributed by atoms with Crippen molar-refractivity contribution in [2.24, 2.45) is 0 Å². The Morgan fingerprint density at radius 1 is 1.07 bits per heavy atom. The van der Waals surface area contributed by atoms with Gasteiger partial charge in [-0.15, -0.1) is 0 Å². The summed E-state index contributed by atoms with van der Waals surface area (Å²) in [6.07, 6.45) is 2.40. The lowest BCUT2D eigenvalue weighted by atomic mass is 9.97. The summed E-state index contributed by atoms with van der Waals surface area (Å²) in [7, 11) is 0. The first-order valence-corrected chi connectivity index (χ1v) is 14.9. The molecule has 3 aromatic rings. The van der Waals surface area contributed by atoms with Gasteiger partial charge < -0.3 is 19.6 Å². The van der Waals surface area contributed by atoms with E-state index in [-0.39, 0.29) is 31.4 Å². The van der Waals surface area contributed by atoms with Crippen LogP contribution in [0.1, 0.15) is 59.8 Å². The van der Waals surface area contributed by atoms with Gasteiger partial charge in [-0.05, 0) is 90.4 Å². The van der Waals surface area contributed by atoms with Crippen LogP contribution < -0.4 is 9.64 Å². The summed E-state index contributed by atoms with van der Waals surface area (Å²) in [4.78, 5) is 43.5. The first kappa shape index (κ1) is 30.9. The Morgan fingerprint density at radius 3 is 2.46 bits per heavy atom. The van der Waals surface area contributed by atoms with Crippen LogP contribution in [0.15, 0.2) is 73.3 Å². The Morgan fingerprint density at radius 2 is 1.78 bits per heavy atom. The van der Waals surface area contributed by atoms with Crippen LogP contribution in [0.5, 0.6) is 5.75 Å². The molecule has 0 radical (unpaired) electrons. The summed E-state index contributed by atoms with van der Waals surface area (Å²) >= 11 is 14.6. The van der Waals surface area contributed by atoms with Gasteiger partial charge in [0.1, 0.15) is 18.4 Å². The van der Waals surface area contributed by atoms with Gasteiger partial charge in [-0.25, -0.2) is 0 Å². The van der Waals surface area contributed by atoms with Crippen molar-refractivity contribution in [3.63, 3.8) is 0 Å². The summed E-state index contributed by atoms with van der Waals surface area (Å²) in [6.45, 7) is 6.01. The van der Waals surface area contributed by atoms with Crippen molar-refractivity contribution in [3.05, 3.63) is 104 Å². The van der Waals surface area contributed by atoms with Crippen LogP contribution in [-0.4, -0.2) is 40.9 Å². The number of ether oxygens (including phenoxy) is 1. The molecule has 4 rings (SSSR count). The smallest absolute Gasteiger partial charge is 0.303 e. The maximum absolute atomic E-state index is 14.7. The number of aliphatic carboxylic acids is 1. The lowest BCUT2D eigenvalue weighted by Gasteiger charge is -2.36. The zero-order valence-electron chi connectivity index (χ0n) is 22.4. The molecule has 0 fully saturated rings. The normalized spacial score (nSPS) is 15.8. The van der Waals surface area contributed by atoms with E-state index in [1.54, 1.807) is 58.3 Å². The molecular weight excluding hydrogens is 678 g/mol. The number of halogens is 3. The van der Waals surface area contributed by atoms with Crippen LogP contribution >= 0.6 is 45.8 Å². The number of benzene rings is 3. The van der Waals surface area contributed by atoms with Crippen LogP contribution in [-0.2, 0) is 9.59 Å². The van der Waals surface area contributed by atoms with Crippen molar-refractivity contribution >= 4 is 69.3 Å². The first-order valence-electron chi connectivity index (χ1n) is 13.1. The van der Waals surface area contributed by atoms with Gasteiger partial charge in [-0.3, -0.25) is 14.4 Å². The molecule has 41 heavy (non-hydrogen) atoms. The molecule has 0 bridgehead atoms. The average molecular weight is 707 g/mol. The fraction of sp³-hybridized carbons (Fsp3) is 0.258. The summed E-state index contributed by atoms with van der Waals surface area (Å²) in [6, 6.07) is 16.0. The predicted octanol–water partition coefficient (Wildman–Crippen LogP) is 7.71. The molecule has 0 aliphatic carbocycles. The Balaban J connectivity index is 1.92. The third-order valence-electron chi connectivity index (χ3n) is 6.91. The molecular formula is C31H29Cl2IN2O5. The van der Waals surface area contributed by atoms with Crippen molar-refractivity contribution in [1.82, 2.24) is 4.90 Å². The van der Waals surface area contributed by atoms with E-state index in [1.165, 1.54) is 0 Å². The molecule has 0 spiro atoms. The van der Waals surface area contributed by atoms with Crippen molar-refractivity contribution in [3.8, 4) is 5.75 Å². The largest absolute Gasteiger partial charge is 0.489 e. The third-order valence-corrected chi connectivity index (χ3v) is 8.07. The monoisotopic (exact) mass is 706 g/mol. The fourth-order valence-electron chi connectivity index (χ4n) is 4.93. The molecule has 7 nitrogen and oxygen atoms in total. The number of hydrogen-bond acceptors (Lipinski definition) is 4. The maximum Gasteiger partial charge on any atom is 0.303 e. The van der Waals surface area contributed by atoms with E-state index >= 15 is 0 Å². The molecule has 0 saturated carbocycles. The number of fused-ring (bicyclic) bond motifs is 1. The lowest BCUT2D eigenvalue weighted by Crippen LogP contribution is -2.44.